The minimum absolute atomic E-state index is 0.0373. The zero-order chi connectivity index (χ0) is 13.8. The summed E-state index contributed by atoms with van der Waals surface area (Å²) in [5.41, 5.74) is 0.150. The SMILES string of the molecule is COc1cccc(CC(=O)c2ccccc2F)c1F. The van der Waals surface area contributed by atoms with Crippen LogP contribution in [0.4, 0.5) is 8.78 Å². The molecule has 0 saturated heterocycles. The number of carbonyl (C=O) groups is 1. The lowest BCUT2D eigenvalue weighted by Crippen LogP contribution is -2.08. The van der Waals surface area contributed by atoms with Crippen molar-refractivity contribution in [1.29, 1.82) is 0 Å². The van der Waals surface area contributed by atoms with Gasteiger partial charge in [0.2, 0.25) is 0 Å². The van der Waals surface area contributed by atoms with Crippen molar-refractivity contribution in [2.24, 2.45) is 0 Å². The summed E-state index contributed by atoms with van der Waals surface area (Å²) in [5.74, 6) is -1.59. The summed E-state index contributed by atoms with van der Waals surface area (Å²) in [4.78, 5) is 11.9. The Bertz CT molecular complexity index is 609. The predicted octanol–water partition coefficient (Wildman–Crippen LogP) is 3.40. The van der Waals surface area contributed by atoms with Crippen molar-refractivity contribution in [3.05, 3.63) is 65.2 Å². The maximum atomic E-state index is 13.9. The lowest BCUT2D eigenvalue weighted by Gasteiger charge is -2.07. The molecule has 0 aliphatic rings. The van der Waals surface area contributed by atoms with E-state index in [1.807, 2.05) is 0 Å². The third-order valence-electron chi connectivity index (χ3n) is 2.79. The molecule has 0 saturated carbocycles. The zero-order valence-electron chi connectivity index (χ0n) is 10.3. The summed E-state index contributed by atoms with van der Waals surface area (Å²) in [6, 6.07) is 10.2. The Hall–Kier alpha value is -2.23. The van der Waals surface area contributed by atoms with E-state index in [-0.39, 0.29) is 23.3 Å². The van der Waals surface area contributed by atoms with Gasteiger partial charge < -0.3 is 4.74 Å². The number of rotatable bonds is 4. The Morgan fingerprint density at radius 3 is 2.53 bits per heavy atom. The summed E-state index contributed by atoms with van der Waals surface area (Å²) in [6.07, 6.45) is -0.204. The topological polar surface area (TPSA) is 26.3 Å². The van der Waals surface area contributed by atoms with Gasteiger partial charge in [-0.3, -0.25) is 4.79 Å². The van der Waals surface area contributed by atoms with E-state index >= 15 is 0 Å². The molecule has 2 rings (SSSR count). The fourth-order valence-corrected chi connectivity index (χ4v) is 1.81. The number of carbonyl (C=O) groups excluding carboxylic acids is 1. The van der Waals surface area contributed by atoms with Crippen LogP contribution in [0.2, 0.25) is 0 Å². The number of benzene rings is 2. The van der Waals surface area contributed by atoms with Crippen molar-refractivity contribution in [2.45, 2.75) is 6.42 Å². The molecule has 0 aromatic heterocycles. The standard InChI is InChI=1S/C15H12F2O2/c1-19-14-8-4-5-10(15(14)17)9-13(18)11-6-2-3-7-12(11)16/h2-8H,9H2,1H3. The first-order valence-corrected chi connectivity index (χ1v) is 5.72. The number of halogens is 2. The molecule has 0 aliphatic heterocycles. The highest BCUT2D eigenvalue weighted by Crippen LogP contribution is 2.21. The largest absolute Gasteiger partial charge is 0.494 e. The molecule has 0 unspecified atom stereocenters. The molecule has 4 heteroatoms. The van der Waals surface area contributed by atoms with E-state index < -0.39 is 17.4 Å². The van der Waals surface area contributed by atoms with Crippen molar-refractivity contribution in [3.63, 3.8) is 0 Å². The van der Waals surface area contributed by atoms with E-state index in [1.165, 1.54) is 37.4 Å². The lowest BCUT2D eigenvalue weighted by molar-refractivity contribution is 0.0988. The van der Waals surface area contributed by atoms with Crippen LogP contribution in [-0.2, 0) is 6.42 Å². The average molecular weight is 262 g/mol. The number of hydrogen-bond donors (Lipinski definition) is 0. The third-order valence-corrected chi connectivity index (χ3v) is 2.79. The van der Waals surface area contributed by atoms with Gasteiger partial charge >= 0.3 is 0 Å². The molecule has 0 aliphatic carbocycles. The molecule has 2 aromatic carbocycles. The van der Waals surface area contributed by atoms with Gasteiger partial charge in [-0.25, -0.2) is 8.78 Å². The van der Waals surface area contributed by atoms with E-state index in [2.05, 4.69) is 0 Å². The van der Waals surface area contributed by atoms with Crippen LogP contribution in [-0.4, -0.2) is 12.9 Å². The second-order valence-electron chi connectivity index (χ2n) is 4.01. The average Bonchev–Trinajstić information content (AvgIpc) is 2.41. The molecule has 0 atom stereocenters. The van der Waals surface area contributed by atoms with E-state index in [4.69, 9.17) is 4.74 Å². The molecule has 98 valence electrons. The molecule has 0 fully saturated rings. The molecule has 0 spiro atoms. The van der Waals surface area contributed by atoms with Gasteiger partial charge in [0.15, 0.2) is 17.3 Å². The minimum Gasteiger partial charge on any atom is -0.494 e. The van der Waals surface area contributed by atoms with Crippen LogP contribution in [0.3, 0.4) is 0 Å². The second-order valence-corrected chi connectivity index (χ2v) is 4.01. The molecule has 2 nitrogen and oxygen atoms in total. The lowest BCUT2D eigenvalue weighted by atomic mass is 10.0. The number of ketones is 1. The fourth-order valence-electron chi connectivity index (χ4n) is 1.81. The van der Waals surface area contributed by atoms with E-state index in [0.717, 1.165) is 0 Å². The van der Waals surface area contributed by atoms with Gasteiger partial charge in [0, 0.05) is 6.42 Å². The van der Waals surface area contributed by atoms with Crippen molar-refractivity contribution >= 4 is 5.78 Å². The van der Waals surface area contributed by atoms with Crippen molar-refractivity contribution in [2.75, 3.05) is 7.11 Å². The smallest absolute Gasteiger partial charge is 0.170 e. The number of hydrogen-bond acceptors (Lipinski definition) is 2. The molecule has 0 amide bonds. The predicted molar refractivity (Wildman–Crippen MR) is 67.4 cm³/mol. The Kier molecular flexibility index (Phi) is 3.90. The number of Topliss-reactive ketones (excluding diaryl/α,β-unsaturated/α-hetero) is 1. The maximum Gasteiger partial charge on any atom is 0.170 e. The quantitative estimate of drug-likeness (QED) is 0.789. The van der Waals surface area contributed by atoms with E-state index in [9.17, 15) is 13.6 Å². The molecule has 0 bridgehead atoms. The highest BCUT2D eigenvalue weighted by molar-refractivity contribution is 5.97. The molecule has 19 heavy (non-hydrogen) atoms. The first-order chi connectivity index (χ1) is 9.13. The van der Waals surface area contributed by atoms with Crippen molar-refractivity contribution < 1.29 is 18.3 Å². The highest BCUT2D eigenvalue weighted by Gasteiger charge is 2.15. The van der Waals surface area contributed by atoms with Crippen LogP contribution in [0.1, 0.15) is 15.9 Å². The molecule has 2 aromatic rings. The summed E-state index contributed by atoms with van der Waals surface area (Å²) in [6.45, 7) is 0. The molecule has 0 N–H and O–H groups in total. The monoisotopic (exact) mass is 262 g/mol. The van der Waals surface area contributed by atoms with Crippen LogP contribution in [0.25, 0.3) is 0 Å². The Morgan fingerprint density at radius 1 is 1.11 bits per heavy atom. The Labute approximate surface area is 109 Å². The van der Waals surface area contributed by atoms with Crippen LogP contribution < -0.4 is 4.74 Å². The van der Waals surface area contributed by atoms with Gasteiger partial charge in [-0.15, -0.1) is 0 Å². The zero-order valence-corrected chi connectivity index (χ0v) is 10.3. The third kappa shape index (κ3) is 2.78. The van der Waals surface area contributed by atoms with Gasteiger partial charge in [0.1, 0.15) is 5.82 Å². The van der Waals surface area contributed by atoms with Crippen LogP contribution in [0, 0.1) is 11.6 Å². The molecule has 0 heterocycles. The summed E-state index contributed by atoms with van der Waals surface area (Å²) < 4.78 is 32.2. The first-order valence-electron chi connectivity index (χ1n) is 5.72. The van der Waals surface area contributed by atoms with Crippen LogP contribution >= 0.6 is 0 Å². The summed E-state index contributed by atoms with van der Waals surface area (Å²) in [5, 5.41) is 0. The Morgan fingerprint density at radius 2 is 1.84 bits per heavy atom. The molecular weight excluding hydrogens is 250 g/mol. The van der Waals surface area contributed by atoms with Crippen LogP contribution in [0.15, 0.2) is 42.5 Å². The minimum atomic E-state index is -0.601. The number of ether oxygens (including phenoxy) is 1. The van der Waals surface area contributed by atoms with Gasteiger partial charge in [0.25, 0.3) is 0 Å². The van der Waals surface area contributed by atoms with Crippen LogP contribution in [0.5, 0.6) is 5.75 Å². The molecular formula is C15H12F2O2. The highest BCUT2D eigenvalue weighted by atomic mass is 19.1. The van der Waals surface area contributed by atoms with Crippen molar-refractivity contribution in [1.82, 2.24) is 0 Å². The van der Waals surface area contributed by atoms with Crippen molar-refractivity contribution in [3.8, 4) is 5.75 Å². The normalized spacial score (nSPS) is 10.3. The van der Waals surface area contributed by atoms with Gasteiger partial charge in [-0.1, -0.05) is 24.3 Å². The summed E-state index contributed by atoms with van der Waals surface area (Å²) >= 11 is 0. The Balaban J connectivity index is 2.27. The molecule has 0 radical (unpaired) electrons. The fraction of sp³-hybridized carbons (Fsp3) is 0.133. The number of methoxy groups -OCH3 is 1. The van der Waals surface area contributed by atoms with Gasteiger partial charge in [-0.2, -0.15) is 0 Å². The summed E-state index contributed by atoms with van der Waals surface area (Å²) in [7, 11) is 1.35. The van der Waals surface area contributed by atoms with Gasteiger partial charge in [-0.05, 0) is 23.8 Å². The van der Waals surface area contributed by atoms with Gasteiger partial charge in [0.05, 0.1) is 12.7 Å². The second kappa shape index (κ2) is 5.61. The van der Waals surface area contributed by atoms with E-state index in [1.54, 1.807) is 12.1 Å². The van der Waals surface area contributed by atoms with E-state index in [0.29, 0.717) is 0 Å². The maximum absolute atomic E-state index is 13.9. The first kappa shape index (κ1) is 13.2.